The van der Waals surface area contributed by atoms with E-state index in [9.17, 15) is 4.79 Å². The molecule has 0 aliphatic heterocycles. The summed E-state index contributed by atoms with van der Waals surface area (Å²) in [5.74, 6) is 0.00389. The van der Waals surface area contributed by atoms with Crippen LogP contribution in [-0.2, 0) is 4.74 Å². The number of hydrogen-bond acceptors (Lipinski definition) is 5. The van der Waals surface area contributed by atoms with Gasteiger partial charge in [0, 0.05) is 0 Å². The first kappa shape index (κ1) is 16.0. The number of amidine groups is 1. The molecular weight excluding hydrogens is 294 g/mol. The van der Waals surface area contributed by atoms with Gasteiger partial charge in [-0.15, -0.1) is 0 Å². The molecule has 0 amide bonds. The molecule has 116 valence electrons. The van der Waals surface area contributed by atoms with Crippen molar-refractivity contribution in [1.82, 2.24) is 5.32 Å². The van der Waals surface area contributed by atoms with Crippen molar-refractivity contribution in [3.05, 3.63) is 59.7 Å². The SMILES string of the molecule is COC(=O)c1cc(C)ccc1N=C(NC#N)Oc1ccccc1. The van der Waals surface area contributed by atoms with Crippen molar-refractivity contribution in [1.29, 1.82) is 5.26 Å². The van der Waals surface area contributed by atoms with Crippen LogP contribution in [-0.4, -0.2) is 19.1 Å². The van der Waals surface area contributed by atoms with Crippen LogP contribution in [0.25, 0.3) is 0 Å². The van der Waals surface area contributed by atoms with Crippen molar-refractivity contribution < 1.29 is 14.3 Å². The molecular formula is C17H15N3O3. The highest BCUT2D eigenvalue weighted by atomic mass is 16.5. The van der Waals surface area contributed by atoms with Crippen LogP contribution in [0.15, 0.2) is 53.5 Å². The molecule has 0 saturated heterocycles. The topological polar surface area (TPSA) is 83.7 Å². The smallest absolute Gasteiger partial charge is 0.340 e. The summed E-state index contributed by atoms with van der Waals surface area (Å²) in [6.07, 6.45) is 1.76. The second-order valence-electron chi connectivity index (χ2n) is 4.58. The summed E-state index contributed by atoms with van der Waals surface area (Å²) in [5, 5.41) is 11.2. The van der Waals surface area contributed by atoms with Crippen LogP contribution >= 0.6 is 0 Å². The lowest BCUT2D eigenvalue weighted by Gasteiger charge is -2.09. The van der Waals surface area contributed by atoms with Gasteiger partial charge >= 0.3 is 12.0 Å². The third-order valence-electron chi connectivity index (χ3n) is 2.90. The van der Waals surface area contributed by atoms with Crippen molar-refractivity contribution in [3.63, 3.8) is 0 Å². The number of carbonyl (C=O) groups excluding carboxylic acids is 1. The zero-order chi connectivity index (χ0) is 16.7. The lowest BCUT2D eigenvalue weighted by atomic mass is 10.1. The number of para-hydroxylation sites is 1. The Balaban J connectivity index is 2.39. The van der Waals surface area contributed by atoms with Gasteiger partial charge in [-0.1, -0.05) is 29.8 Å². The number of nitrogens with zero attached hydrogens (tertiary/aromatic N) is 2. The number of methoxy groups -OCH3 is 1. The molecule has 2 aromatic rings. The Morgan fingerprint density at radius 3 is 2.61 bits per heavy atom. The molecule has 0 aliphatic rings. The fourth-order valence-electron chi connectivity index (χ4n) is 1.85. The molecule has 0 fully saturated rings. The quantitative estimate of drug-likeness (QED) is 0.310. The monoisotopic (exact) mass is 309 g/mol. The van der Waals surface area contributed by atoms with Gasteiger partial charge in [-0.3, -0.25) is 0 Å². The number of benzene rings is 2. The molecule has 0 aromatic heterocycles. The molecule has 6 nitrogen and oxygen atoms in total. The van der Waals surface area contributed by atoms with E-state index in [4.69, 9.17) is 14.7 Å². The minimum absolute atomic E-state index is 0.0345. The summed E-state index contributed by atoms with van der Waals surface area (Å²) >= 11 is 0. The van der Waals surface area contributed by atoms with E-state index in [0.717, 1.165) is 5.56 Å². The minimum atomic E-state index is -0.511. The van der Waals surface area contributed by atoms with Gasteiger partial charge in [0.25, 0.3) is 0 Å². The van der Waals surface area contributed by atoms with Gasteiger partial charge in [-0.25, -0.2) is 10.1 Å². The lowest BCUT2D eigenvalue weighted by molar-refractivity contribution is 0.0601. The Kier molecular flexibility index (Phi) is 5.31. The number of aliphatic imine (C=N–C) groups is 1. The van der Waals surface area contributed by atoms with E-state index in [1.165, 1.54) is 7.11 Å². The number of rotatable bonds is 3. The molecule has 0 radical (unpaired) electrons. The van der Waals surface area contributed by atoms with Gasteiger partial charge in [-0.2, -0.15) is 10.3 Å². The molecule has 1 N–H and O–H groups in total. The van der Waals surface area contributed by atoms with Crippen LogP contribution in [0, 0.1) is 18.4 Å². The van der Waals surface area contributed by atoms with Crippen LogP contribution < -0.4 is 10.1 Å². The van der Waals surface area contributed by atoms with Crippen molar-refractivity contribution in [2.24, 2.45) is 4.99 Å². The van der Waals surface area contributed by atoms with Crippen LogP contribution in [0.4, 0.5) is 5.69 Å². The van der Waals surface area contributed by atoms with E-state index in [1.54, 1.807) is 48.7 Å². The molecule has 0 heterocycles. The van der Waals surface area contributed by atoms with E-state index in [2.05, 4.69) is 10.3 Å². The van der Waals surface area contributed by atoms with Crippen molar-refractivity contribution in [2.45, 2.75) is 6.92 Å². The fourth-order valence-corrected chi connectivity index (χ4v) is 1.85. The van der Waals surface area contributed by atoms with E-state index in [-0.39, 0.29) is 6.02 Å². The first-order valence-electron chi connectivity index (χ1n) is 6.79. The average molecular weight is 309 g/mol. The first-order chi connectivity index (χ1) is 11.1. The standard InChI is InChI=1S/C17H15N3O3/c1-12-8-9-15(14(10-12)16(21)22-2)20-17(19-11-18)23-13-6-4-3-5-7-13/h3-10H,1-2H3,(H,19,20). The van der Waals surface area contributed by atoms with Crippen LogP contribution in [0.5, 0.6) is 5.75 Å². The predicted molar refractivity (Wildman–Crippen MR) is 85.4 cm³/mol. The highest BCUT2D eigenvalue weighted by Crippen LogP contribution is 2.22. The summed E-state index contributed by atoms with van der Waals surface area (Å²) in [7, 11) is 1.30. The molecule has 6 heteroatoms. The van der Waals surface area contributed by atoms with Gasteiger partial charge in [0.2, 0.25) is 0 Å². The average Bonchev–Trinajstić information content (AvgIpc) is 2.57. The number of carbonyl (C=O) groups is 1. The molecule has 2 aromatic carbocycles. The van der Waals surface area contributed by atoms with E-state index >= 15 is 0 Å². The van der Waals surface area contributed by atoms with Crippen LogP contribution in [0.3, 0.4) is 0 Å². The predicted octanol–water partition coefficient (Wildman–Crippen LogP) is 2.92. The van der Waals surface area contributed by atoms with E-state index in [1.807, 2.05) is 13.0 Å². The third kappa shape index (κ3) is 4.32. The molecule has 0 saturated carbocycles. The molecule has 0 unspecified atom stereocenters. The number of esters is 1. The number of hydrogen-bond donors (Lipinski definition) is 1. The second kappa shape index (κ2) is 7.61. The third-order valence-corrected chi connectivity index (χ3v) is 2.90. The summed E-state index contributed by atoms with van der Waals surface area (Å²) < 4.78 is 10.3. The van der Waals surface area contributed by atoms with Crippen LogP contribution in [0.1, 0.15) is 15.9 Å². The van der Waals surface area contributed by atoms with E-state index in [0.29, 0.717) is 17.0 Å². The maximum Gasteiger partial charge on any atom is 0.340 e. The summed E-state index contributed by atoms with van der Waals surface area (Å²) in [6, 6.07) is 14.0. The van der Waals surface area contributed by atoms with Gasteiger partial charge in [0.15, 0.2) is 6.19 Å². The van der Waals surface area contributed by atoms with Crippen molar-refractivity contribution in [3.8, 4) is 11.9 Å². The Bertz CT molecular complexity index is 764. The number of ether oxygens (including phenoxy) is 2. The van der Waals surface area contributed by atoms with E-state index < -0.39 is 5.97 Å². The van der Waals surface area contributed by atoms with Gasteiger partial charge in [0.05, 0.1) is 18.4 Å². The number of aryl methyl sites for hydroxylation is 1. The highest BCUT2D eigenvalue weighted by molar-refractivity contribution is 5.96. The molecule has 2 rings (SSSR count). The molecule has 0 atom stereocenters. The highest BCUT2D eigenvalue weighted by Gasteiger charge is 2.13. The maximum absolute atomic E-state index is 11.9. The molecule has 23 heavy (non-hydrogen) atoms. The van der Waals surface area contributed by atoms with Crippen molar-refractivity contribution >= 4 is 17.7 Å². The molecule has 0 bridgehead atoms. The van der Waals surface area contributed by atoms with Crippen LogP contribution in [0.2, 0.25) is 0 Å². The molecule has 0 aliphatic carbocycles. The second-order valence-corrected chi connectivity index (χ2v) is 4.58. The lowest BCUT2D eigenvalue weighted by Crippen LogP contribution is -2.24. The molecule has 0 spiro atoms. The van der Waals surface area contributed by atoms with Gasteiger partial charge in [0.1, 0.15) is 5.75 Å². The Morgan fingerprint density at radius 2 is 1.96 bits per heavy atom. The Labute approximate surface area is 134 Å². The van der Waals surface area contributed by atoms with Crippen molar-refractivity contribution in [2.75, 3.05) is 7.11 Å². The zero-order valence-electron chi connectivity index (χ0n) is 12.7. The Morgan fingerprint density at radius 1 is 1.22 bits per heavy atom. The maximum atomic E-state index is 11.9. The zero-order valence-corrected chi connectivity index (χ0v) is 12.7. The normalized spacial score (nSPS) is 10.6. The number of nitrogens with one attached hydrogen (secondary N) is 1. The minimum Gasteiger partial charge on any atom is -0.465 e. The first-order valence-corrected chi connectivity index (χ1v) is 6.79. The van der Waals surface area contributed by atoms with Gasteiger partial charge in [-0.05, 0) is 31.2 Å². The summed E-state index contributed by atoms with van der Waals surface area (Å²) in [5.41, 5.74) is 1.53. The Hall–Kier alpha value is -3.33. The largest absolute Gasteiger partial charge is 0.465 e. The number of nitriles is 1. The summed E-state index contributed by atoms with van der Waals surface area (Å²) in [4.78, 5) is 16.1. The fraction of sp³-hybridized carbons (Fsp3) is 0.118. The van der Waals surface area contributed by atoms with Gasteiger partial charge < -0.3 is 9.47 Å². The summed E-state index contributed by atoms with van der Waals surface area (Å²) in [6.45, 7) is 1.86.